The number of benzene rings is 1. The molecule has 0 saturated heterocycles. The predicted molar refractivity (Wildman–Crippen MR) is 107 cm³/mol. The summed E-state index contributed by atoms with van der Waals surface area (Å²) in [5, 5.41) is 40.1. The molecule has 150 valence electrons. The van der Waals surface area contributed by atoms with Crippen molar-refractivity contribution in [2.75, 3.05) is 0 Å². The SMILES string of the molecule is C=C(C)[C@H](O)CC/C(C)=C/Cc1c(O)cc(CCCCC)c(C(=O)O)c1O. The highest BCUT2D eigenvalue weighted by Gasteiger charge is 2.21. The highest BCUT2D eigenvalue weighted by atomic mass is 16.4. The molecule has 1 rings (SSSR count). The summed E-state index contributed by atoms with van der Waals surface area (Å²) in [6.45, 7) is 9.45. The van der Waals surface area contributed by atoms with E-state index in [0.717, 1.165) is 24.8 Å². The zero-order valence-corrected chi connectivity index (χ0v) is 16.6. The Balaban J connectivity index is 3.00. The number of hydrogen-bond donors (Lipinski definition) is 4. The van der Waals surface area contributed by atoms with Gasteiger partial charge in [-0.3, -0.25) is 0 Å². The van der Waals surface area contributed by atoms with Gasteiger partial charge in [-0.2, -0.15) is 0 Å². The van der Waals surface area contributed by atoms with Crippen LogP contribution in [0.4, 0.5) is 0 Å². The number of aromatic hydroxyl groups is 2. The van der Waals surface area contributed by atoms with Crippen LogP contribution in [0.25, 0.3) is 0 Å². The molecule has 0 bridgehead atoms. The third-order valence-corrected chi connectivity index (χ3v) is 4.76. The second-order valence-electron chi connectivity index (χ2n) is 7.17. The maximum Gasteiger partial charge on any atom is 0.339 e. The summed E-state index contributed by atoms with van der Waals surface area (Å²) < 4.78 is 0. The molecule has 0 aliphatic heterocycles. The van der Waals surface area contributed by atoms with Crippen LogP contribution in [-0.4, -0.2) is 32.5 Å². The lowest BCUT2D eigenvalue weighted by Crippen LogP contribution is -2.07. The molecule has 0 spiro atoms. The Hall–Kier alpha value is -2.27. The molecule has 5 heteroatoms. The second kappa shape index (κ2) is 10.8. The highest BCUT2D eigenvalue weighted by molar-refractivity contribution is 5.93. The van der Waals surface area contributed by atoms with Crippen LogP contribution in [0.15, 0.2) is 29.9 Å². The van der Waals surface area contributed by atoms with Gasteiger partial charge in [-0.05, 0) is 57.6 Å². The van der Waals surface area contributed by atoms with Crippen LogP contribution in [-0.2, 0) is 12.8 Å². The molecule has 0 saturated carbocycles. The van der Waals surface area contributed by atoms with Crippen LogP contribution in [0.3, 0.4) is 0 Å². The van der Waals surface area contributed by atoms with Crippen LogP contribution in [0.1, 0.15) is 74.4 Å². The molecule has 1 aromatic rings. The lowest BCUT2D eigenvalue weighted by Gasteiger charge is -2.14. The van der Waals surface area contributed by atoms with Crippen LogP contribution in [0.2, 0.25) is 0 Å². The normalized spacial score (nSPS) is 12.8. The van der Waals surface area contributed by atoms with Crippen molar-refractivity contribution in [3.63, 3.8) is 0 Å². The van der Waals surface area contributed by atoms with E-state index in [-0.39, 0.29) is 29.0 Å². The monoisotopic (exact) mass is 376 g/mol. The fourth-order valence-electron chi connectivity index (χ4n) is 2.94. The standard InChI is InChI=1S/C22H32O5/c1-5-6-7-8-16-13-19(24)17(21(25)20(16)22(26)27)11-9-15(4)10-12-18(23)14(2)3/h9,13,18,23-25H,2,5-8,10-12H2,1,3-4H3,(H,26,27)/b15-9+/t18-/m1/s1. The summed E-state index contributed by atoms with van der Waals surface area (Å²) in [6, 6.07) is 1.46. The van der Waals surface area contributed by atoms with Crippen molar-refractivity contribution in [1.82, 2.24) is 0 Å². The molecule has 4 N–H and O–H groups in total. The number of carbonyl (C=O) groups is 1. The van der Waals surface area contributed by atoms with E-state index in [1.807, 2.05) is 13.0 Å². The smallest absolute Gasteiger partial charge is 0.339 e. The molecule has 5 nitrogen and oxygen atoms in total. The first kappa shape index (κ1) is 22.8. The van der Waals surface area contributed by atoms with Crippen molar-refractivity contribution in [3.05, 3.63) is 46.6 Å². The van der Waals surface area contributed by atoms with E-state index < -0.39 is 12.1 Å². The van der Waals surface area contributed by atoms with Gasteiger partial charge in [0.05, 0.1) is 6.10 Å². The molecule has 0 aromatic heterocycles. The topological polar surface area (TPSA) is 98.0 Å². The average molecular weight is 376 g/mol. The van der Waals surface area contributed by atoms with Gasteiger partial charge in [0, 0.05) is 5.56 Å². The molecule has 0 amide bonds. The van der Waals surface area contributed by atoms with Gasteiger partial charge in [0.25, 0.3) is 0 Å². The number of aliphatic hydroxyl groups excluding tert-OH is 1. The summed E-state index contributed by atoms with van der Waals surface area (Å²) >= 11 is 0. The Bertz CT molecular complexity index is 703. The molecule has 0 aliphatic carbocycles. The van der Waals surface area contributed by atoms with Gasteiger partial charge in [-0.15, -0.1) is 0 Å². The number of aliphatic hydroxyl groups is 1. The quantitative estimate of drug-likeness (QED) is 0.330. The van der Waals surface area contributed by atoms with E-state index in [2.05, 4.69) is 13.5 Å². The number of carboxylic acid groups (broad SMARTS) is 1. The van der Waals surface area contributed by atoms with E-state index >= 15 is 0 Å². The predicted octanol–water partition coefficient (Wildman–Crippen LogP) is 4.73. The van der Waals surface area contributed by atoms with Gasteiger partial charge in [-0.1, -0.05) is 43.6 Å². The van der Waals surface area contributed by atoms with Crippen molar-refractivity contribution in [3.8, 4) is 11.5 Å². The van der Waals surface area contributed by atoms with Gasteiger partial charge in [-0.25, -0.2) is 4.79 Å². The zero-order chi connectivity index (χ0) is 20.6. The average Bonchev–Trinajstić information content (AvgIpc) is 2.58. The molecule has 1 atom stereocenters. The van der Waals surface area contributed by atoms with E-state index in [1.54, 1.807) is 6.92 Å². The van der Waals surface area contributed by atoms with Gasteiger partial charge in [0.1, 0.15) is 17.1 Å². The lowest BCUT2D eigenvalue weighted by molar-refractivity contribution is 0.0692. The van der Waals surface area contributed by atoms with Crippen molar-refractivity contribution in [2.45, 2.75) is 71.8 Å². The Morgan fingerprint density at radius 1 is 1.26 bits per heavy atom. The largest absolute Gasteiger partial charge is 0.508 e. The number of phenols is 2. The summed E-state index contributed by atoms with van der Waals surface area (Å²) in [6.07, 6.45) is 5.97. The van der Waals surface area contributed by atoms with Crippen molar-refractivity contribution in [1.29, 1.82) is 0 Å². The zero-order valence-electron chi connectivity index (χ0n) is 16.6. The first-order valence-corrected chi connectivity index (χ1v) is 9.48. The van der Waals surface area contributed by atoms with Crippen molar-refractivity contribution in [2.24, 2.45) is 0 Å². The van der Waals surface area contributed by atoms with Crippen molar-refractivity contribution < 1.29 is 25.2 Å². The summed E-state index contributed by atoms with van der Waals surface area (Å²) in [7, 11) is 0. The number of phenolic OH excluding ortho intramolecular Hbond substituents is 1. The Kier molecular flexibility index (Phi) is 9.09. The number of unbranched alkanes of at least 4 members (excludes halogenated alkanes) is 2. The fourth-order valence-corrected chi connectivity index (χ4v) is 2.94. The minimum atomic E-state index is -1.19. The molecule has 1 aromatic carbocycles. The van der Waals surface area contributed by atoms with Gasteiger partial charge in [0.15, 0.2) is 0 Å². The van der Waals surface area contributed by atoms with E-state index in [1.165, 1.54) is 6.07 Å². The van der Waals surface area contributed by atoms with Gasteiger partial charge < -0.3 is 20.4 Å². The minimum Gasteiger partial charge on any atom is -0.508 e. The molecule has 0 unspecified atom stereocenters. The second-order valence-corrected chi connectivity index (χ2v) is 7.17. The van der Waals surface area contributed by atoms with Crippen LogP contribution >= 0.6 is 0 Å². The number of hydrogen-bond acceptors (Lipinski definition) is 4. The Labute approximate surface area is 161 Å². The fraction of sp³-hybridized carbons (Fsp3) is 0.500. The number of carboxylic acids is 1. The van der Waals surface area contributed by atoms with E-state index in [4.69, 9.17) is 0 Å². The number of aryl methyl sites for hydroxylation is 1. The van der Waals surface area contributed by atoms with Crippen LogP contribution < -0.4 is 0 Å². The Morgan fingerprint density at radius 2 is 1.93 bits per heavy atom. The molecule has 0 radical (unpaired) electrons. The highest BCUT2D eigenvalue weighted by Crippen LogP contribution is 2.35. The number of allylic oxidation sites excluding steroid dienone is 2. The first-order valence-electron chi connectivity index (χ1n) is 9.48. The van der Waals surface area contributed by atoms with Crippen LogP contribution in [0, 0.1) is 0 Å². The summed E-state index contributed by atoms with van der Waals surface area (Å²) in [4.78, 5) is 11.6. The number of rotatable bonds is 11. The van der Waals surface area contributed by atoms with Gasteiger partial charge in [0.2, 0.25) is 0 Å². The number of aromatic carboxylic acids is 1. The lowest BCUT2D eigenvalue weighted by atomic mass is 9.94. The molecular weight excluding hydrogens is 344 g/mol. The Morgan fingerprint density at radius 3 is 2.48 bits per heavy atom. The van der Waals surface area contributed by atoms with E-state index in [9.17, 15) is 25.2 Å². The molecule has 27 heavy (non-hydrogen) atoms. The summed E-state index contributed by atoms with van der Waals surface area (Å²) in [5.74, 6) is -1.64. The first-order chi connectivity index (χ1) is 12.7. The van der Waals surface area contributed by atoms with Gasteiger partial charge >= 0.3 is 5.97 Å². The molecule has 0 heterocycles. The minimum absolute atomic E-state index is 0.0879. The molecule has 0 aliphatic rings. The summed E-state index contributed by atoms with van der Waals surface area (Å²) in [5.41, 5.74) is 2.25. The molecule has 0 fully saturated rings. The van der Waals surface area contributed by atoms with E-state index in [0.29, 0.717) is 30.4 Å². The third kappa shape index (κ3) is 6.75. The third-order valence-electron chi connectivity index (χ3n) is 4.76. The maximum atomic E-state index is 11.6. The maximum absolute atomic E-state index is 11.6. The van der Waals surface area contributed by atoms with Crippen LogP contribution in [0.5, 0.6) is 11.5 Å². The molecular formula is C22H32O5. The van der Waals surface area contributed by atoms with Crippen molar-refractivity contribution >= 4 is 5.97 Å².